The normalized spacial score (nSPS) is 10.8. The van der Waals surface area contributed by atoms with Crippen molar-refractivity contribution >= 4 is 44.0 Å². The van der Waals surface area contributed by atoms with Gasteiger partial charge < -0.3 is 10.1 Å². The highest BCUT2D eigenvalue weighted by molar-refractivity contribution is 7.22. The third-order valence-electron chi connectivity index (χ3n) is 2.77. The molecule has 3 rings (SSSR count). The average Bonchev–Trinajstić information content (AvgIpc) is 2.83. The largest absolute Gasteiger partial charge is 0.494 e. The van der Waals surface area contributed by atoms with Crippen molar-refractivity contribution in [3.63, 3.8) is 0 Å². The lowest BCUT2D eigenvalue weighted by Gasteiger charge is -2.05. The van der Waals surface area contributed by atoms with Gasteiger partial charge in [0.1, 0.15) is 0 Å². The third-order valence-corrected chi connectivity index (χ3v) is 4.22. The number of ether oxygens (including phenoxy) is 1. The van der Waals surface area contributed by atoms with Crippen molar-refractivity contribution in [3.8, 4) is 5.75 Å². The Morgan fingerprint density at radius 2 is 2.15 bits per heavy atom. The standard InChI is InChI=1S/C14H10ClFN2OS/c1-19-12-6-5-8(7-10(12)16)17-14-18-11-4-2-3-9(15)13(11)20-14/h2-7H,1H3,(H,17,18). The molecule has 0 aliphatic carbocycles. The first-order valence-electron chi connectivity index (χ1n) is 5.83. The fourth-order valence-electron chi connectivity index (χ4n) is 1.84. The van der Waals surface area contributed by atoms with Gasteiger partial charge in [0.2, 0.25) is 0 Å². The van der Waals surface area contributed by atoms with Crippen LogP contribution in [0.1, 0.15) is 0 Å². The van der Waals surface area contributed by atoms with E-state index in [-0.39, 0.29) is 5.75 Å². The van der Waals surface area contributed by atoms with Crippen LogP contribution in [-0.4, -0.2) is 12.1 Å². The lowest BCUT2D eigenvalue weighted by molar-refractivity contribution is 0.386. The van der Waals surface area contributed by atoms with Gasteiger partial charge in [-0.25, -0.2) is 9.37 Å². The zero-order valence-corrected chi connectivity index (χ0v) is 12.1. The molecule has 20 heavy (non-hydrogen) atoms. The number of nitrogens with zero attached hydrogens (tertiary/aromatic N) is 1. The maximum Gasteiger partial charge on any atom is 0.188 e. The molecule has 0 aliphatic rings. The first-order valence-corrected chi connectivity index (χ1v) is 7.02. The smallest absolute Gasteiger partial charge is 0.188 e. The fraction of sp³-hybridized carbons (Fsp3) is 0.0714. The molecule has 0 saturated heterocycles. The monoisotopic (exact) mass is 308 g/mol. The second-order valence-corrected chi connectivity index (χ2v) is 5.49. The minimum Gasteiger partial charge on any atom is -0.494 e. The maximum absolute atomic E-state index is 13.6. The van der Waals surface area contributed by atoms with Gasteiger partial charge in [-0.1, -0.05) is 29.0 Å². The summed E-state index contributed by atoms with van der Waals surface area (Å²) in [6.07, 6.45) is 0. The molecule has 2 aromatic carbocycles. The van der Waals surface area contributed by atoms with E-state index in [2.05, 4.69) is 10.3 Å². The van der Waals surface area contributed by atoms with Gasteiger partial charge in [0.25, 0.3) is 0 Å². The van der Waals surface area contributed by atoms with Gasteiger partial charge in [-0.2, -0.15) is 0 Å². The number of hydrogen-bond acceptors (Lipinski definition) is 4. The fourth-order valence-corrected chi connectivity index (χ4v) is 3.01. The van der Waals surface area contributed by atoms with E-state index in [1.165, 1.54) is 24.5 Å². The Hall–Kier alpha value is -1.85. The molecule has 0 unspecified atom stereocenters. The van der Waals surface area contributed by atoms with Crippen molar-refractivity contribution in [3.05, 3.63) is 47.2 Å². The van der Waals surface area contributed by atoms with E-state index in [1.807, 2.05) is 18.2 Å². The van der Waals surface area contributed by atoms with Crippen LogP contribution in [0.5, 0.6) is 5.75 Å². The summed E-state index contributed by atoms with van der Waals surface area (Å²) in [6.45, 7) is 0. The Morgan fingerprint density at radius 3 is 2.85 bits per heavy atom. The Kier molecular flexibility index (Phi) is 3.46. The molecule has 0 fully saturated rings. The highest BCUT2D eigenvalue weighted by Crippen LogP contribution is 2.33. The van der Waals surface area contributed by atoms with Crippen LogP contribution >= 0.6 is 22.9 Å². The Morgan fingerprint density at radius 1 is 1.30 bits per heavy atom. The highest BCUT2D eigenvalue weighted by atomic mass is 35.5. The molecule has 6 heteroatoms. The summed E-state index contributed by atoms with van der Waals surface area (Å²) < 4.78 is 19.4. The topological polar surface area (TPSA) is 34.1 Å². The lowest BCUT2D eigenvalue weighted by Crippen LogP contribution is -1.92. The molecular formula is C14H10ClFN2OS. The number of anilines is 2. The Labute approximate surface area is 124 Å². The van der Waals surface area contributed by atoms with E-state index >= 15 is 0 Å². The lowest BCUT2D eigenvalue weighted by atomic mass is 10.3. The number of halogens is 2. The zero-order valence-electron chi connectivity index (χ0n) is 10.5. The highest BCUT2D eigenvalue weighted by Gasteiger charge is 2.08. The van der Waals surface area contributed by atoms with Gasteiger partial charge in [-0.05, 0) is 24.3 Å². The number of hydrogen-bond donors (Lipinski definition) is 1. The van der Waals surface area contributed by atoms with E-state index in [9.17, 15) is 4.39 Å². The van der Waals surface area contributed by atoms with Crippen LogP contribution < -0.4 is 10.1 Å². The van der Waals surface area contributed by atoms with E-state index in [0.717, 1.165) is 10.2 Å². The summed E-state index contributed by atoms with van der Waals surface area (Å²) in [5.74, 6) is -0.209. The molecule has 1 heterocycles. The average molecular weight is 309 g/mol. The molecule has 0 bridgehead atoms. The zero-order chi connectivity index (χ0) is 14.1. The van der Waals surface area contributed by atoms with Crippen LogP contribution in [0.25, 0.3) is 10.2 Å². The van der Waals surface area contributed by atoms with Crippen molar-refractivity contribution in [2.75, 3.05) is 12.4 Å². The van der Waals surface area contributed by atoms with E-state index in [1.54, 1.807) is 12.1 Å². The van der Waals surface area contributed by atoms with Gasteiger partial charge in [0.05, 0.1) is 22.3 Å². The van der Waals surface area contributed by atoms with E-state index in [0.29, 0.717) is 15.8 Å². The quantitative estimate of drug-likeness (QED) is 0.751. The molecule has 0 atom stereocenters. The molecule has 0 amide bonds. The molecule has 0 saturated carbocycles. The van der Waals surface area contributed by atoms with Crippen molar-refractivity contribution in [1.82, 2.24) is 4.98 Å². The third kappa shape index (κ3) is 2.42. The Bertz CT molecular complexity index is 775. The minimum absolute atomic E-state index is 0.211. The molecule has 3 aromatic rings. The summed E-state index contributed by atoms with van der Waals surface area (Å²) in [7, 11) is 1.43. The number of fused-ring (bicyclic) bond motifs is 1. The Balaban J connectivity index is 1.93. The van der Waals surface area contributed by atoms with Crippen LogP contribution in [0, 0.1) is 5.82 Å². The van der Waals surface area contributed by atoms with Crippen LogP contribution in [-0.2, 0) is 0 Å². The summed E-state index contributed by atoms with van der Waals surface area (Å²) in [4.78, 5) is 4.41. The first-order chi connectivity index (χ1) is 9.67. The number of thiazole rings is 1. The molecule has 3 nitrogen and oxygen atoms in total. The van der Waals surface area contributed by atoms with Gasteiger partial charge in [-0.3, -0.25) is 0 Å². The SMILES string of the molecule is COc1ccc(Nc2nc3cccc(Cl)c3s2)cc1F. The maximum atomic E-state index is 13.6. The molecule has 0 aliphatic heterocycles. The van der Waals surface area contributed by atoms with Gasteiger partial charge in [0, 0.05) is 11.8 Å². The van der Waals surface area contributed by atoms with Crippen molar-refractivity contribution in [2.45, 2.75) is 0 Å². The number of benzene rings is 2. The van der Waals surface area contributed by atoms with Crippen LogP contribution in [0.2, 0.25) is 5.02 Å². The molecule has 0 spiro atoms. The van der Waals surface area contributed by atoms with Crippen LogP contribution in [0.3, 0.4) is 0 Å². The van der Waals surface area contributed by atoms with Crippen molar-refractivity contribution < 1.29 is 9.13 Å². The first kappa shape index (κ1) is 13.1. The minimum atomic E-state index is -0.420. The number of nitrogens with one attached hydrogen (secondary N) is 1. The molecule has 0 radical (unpaired) electrons. The molecule has 1 N–H and O–H groups in total. The van der Waals surface area contributed by atoms with Crippen LogP contribution in [0.4, 0.5) is 15.2 Å². The van der Waals surface area contributed by atoms with E-state index in [4.69, 9.17) is 16.3 Å². The second-order valence-electron chi connectivity index (χ2n) is 4.08. The molecular weight excluding hydrogens is 299 g/mol. The number of methoxy groups -OCH3 is 1. The number of rotatable bonds is 3. The molecule has 102 valence electrons. The van der Waals surface area contributed by atoms with Gasteiger partial charge in [0.15, 0.2) is 16.7 Å². The van der Waals surface area contributed by atoms with Gasteiger partial charge in [-0.15, -0.1) is 0 Å². The summed E-state index contributed by atoms with van der Waals surface area (Å²) in [6, 6.07) is 10.2. The predicted octanol–water partition coefficient (Wildman–Crippen LogP) is 4.84. The van der Waals surface area contributed by atoms with Crippen molar-refractivity contribution in [1.29, 1.82) is 0 Å². The van der Waals surface area contributed by atoms with E-state index < -0.39 is 5.82 Å². The van der Waals surface area contributed by atoms with Crippen molar-refractivity contribution in [2.24, 2.45) is 0 Å². The summed E-state index contributed by atoms with van der Waals surface area (Å²) in [5.41, 5.74) is 1.43. The summed E-state index contributed by atoms with van der Waals surface area (Å²) >= 11 is 7.53. The second kappa shape index (κ2) is 5.26. The summed E-state index contributed by atoms with van der Waals surface area (Å²) in [5, 5.41) is 4.39. The van der Waals surface area contributed by atoms with Crippen LogP contribution in [0.15, 0.2) is 36.4 Å². The number of aromatic nitrogens is 1. The predicted molar refractivity (Wildman–Crippen MR) is 80.9 cm³/mol. The van der Waals surface area contributed by atoms with Gasteiger partial charge >= 0.3 is 0 Å². The molecule has 1 aromatic heterocycles.